The van der Waals surface area contributed by atoms with Crippen molar-refractivity contribution in [1.29, 1.82) is 15.8 Å². The van der Waals surface area contributed by atoms with Gasteiger partial charge in [-0.1, -0.05) is 36.7 Å². The molecule has 0 aromatic heterocycles. The molecule has 0 saturated carbocycles. The van der Waals surface area contributed by atoms with Crippen LogP contribution in [0.4, 0.5) is 0 Å². The number of benzene rings is 1. The minimum absolute atomic E-state index is 0.0568. The van der Waals surface area contributed by atoms with E-state index in [0.717, 1.165) is 30.6 Å². The van der Waals surface area contributed by atoms with Crippen LogP contribution >= 0.6 is 11.6 Å². The fraction of sp³-hybridized carbons (Fsp3) is 0.381. The topological polar surface area (TPSA) is 101 Å². The number of nitriles is 3. The van der Waals surface area contributed by atoms with Gasteiger partial charge in [-0.2, -0.15) is 15.8 Å². The van der Waals surface area contributed by atoms with Crippen molar-refractivity contribution >= 4 is 11.6 Å². The van der Waals surface area contributed by atoms with E-state index < -0.39 is 11.3 Å². The summed E-state index contributed by atoms with van der Waals surface area (Å²) in [5, 5.41) is 30.3. The van der Waals surface area contributed by atoms with Gasteiger partial charge in [0.1, 0.15) is 6.07 Å². The van der Waals surface area contributed by atoms with Crippen molar-refractivity contribution < 1.29 is 0 Å². The molecule has 136 valence electrons. The van der Waals surface area contributed by atoms with Gasteiger partial charge in [-0.15, -0.1) is 0 Å². The van der Waals surface area contributed by atoms with Gasteiger partial charge in [0.15, 0.2) is 5.41 Å². The molecule has 2 aliphatic rings. The van der Waals surface area contributed by atoms with Crippen LogP contribution in [0.15, 0.2) is 47.2 Å². The Morgan fingerprint density at radius 2 is 1.89 bits per heavy atom. The van der Waals surface area contributed by atoms with Crippen LogP contribution in [-0.4, -0.2) is 24.5 Å². The van der Waals surface area contributed by atoms with Crippen molar-refractivity contribution in [2.45, 2.75) is 19.3 Å². The van der Waals surface area contributed by atoms with Gasteiger partial charge in [0, 0.05) is 29.9 Å². The second kappa shape index (κ2) is 7.45. The maximum absolute atomic E-state index is 10.0. The van der Waals surface area contributed by atoms with Crippen molar-refractivity contribution in [2.24, 2.45) is 17.1 Å². The fourth-order valence-corrected chi connectivity index (χ4v) is 4.41. The lowest BCUT2D eigenvalue weighted by Gasteiger charge is -2.45. The highest BCUT2D eigenvalue weighted by molar-refractivity contribution is 6.30. The quantitative estimate of drug-likeness (QED) is 0.868. The molecular formula is C21H20ClN5. The third-order valence-corrected chi connectivity index (χ3v) is 5.76. The Labute approximate surface area is 164 Å². The van der Waals surface area contributed by atoms with Gasteiger partial charge in [-0.25, -0.2) is 0 Å². The summed E-state index contributed by atoms with van der Waals surface area (Å²) in [6, 6.07) is 13.7. The lowest BCUT2D eigenvalue weighted by Crippen LogP contribution is -2.48. The summed E-state index contributed by atoms with van der Waals surface area (Å²) in [4.78, 5) is 2.28. The van der Waals surface area contributed by atoms with Crippen LogP contribution in [0.3, 0.4) is 0 Å². The molecular weight excluding hydrogens is 358 g/mol. The molecule has 1 aromatic carbocycles. The Morgan fingerprint density at radius 3 is 2.44 bits per heavy atom. The number of allylic oxidation sites excluding steroid dienone is 2. The maximum Gasteiger partial charge on any atom is 0.191 e. The first-order valence-electron chi connectivity index (χ1n) is 8.93. The first kappa shape index (κ1) is 19.0. The molecule has 2 N–H and O–H groups in total. The monoisotopic (exact) mass is 377 g/mol. The zero-order chi connectivity index (χ0) is 19.6. The van der Waals surface area contributed by atoms with E-state index in [1.807, 2.05) is 18.2 Å². The van der Waals surface area contributed by atoms with Crippen LogP contribution in [0.2, 0.25) is 5.02 Å². The molecule has 2 atom stereocenters. The first-order valence-corrected chi connectivity index (χ1v) is 9.31. The summed E-state index contributed by atoms with van der Waals surface area (Å²) in [5.41, 5.74) is 6.71. The van der Waals surface area contributed by atoms with E-state index in [1.54, 1.807) is 12.1 Å². The van der Waals surface area contributed by atoms with Gasteiger partial charge in [-0.3, -0.25) is 4.90 Å². The van der Waals surface area contributed by atoms with Crippen LogP contribution in [0, 0.1) is 45.3 Å². The fourth-order valence-electron chi connectivity index (χ4n) is 4.28. The van der Waals surface area contributed by atoms with Crippen LogP contribution in [-0.2, 0) is 0 Å². The highest BCUT2D eigenvalue weighted by Crippen LogP contribution is 2.54. The van der Waals surface area contributed by atoms with Gasteiger partial charge >= 0.3 is 0 Å². The summed E-state index contributed by atoms with van der Waals surface area (Å²) in [5.74, 6) is -0.625. The number of hydrogen-bond acceptors (Lipinski definition) is 5. The largest absolute Gasteiger partial charge is 0.399 e. The molecule has 27 heavy (non-hydrogen) atoms. The van der Waals surface area contributed by atoms with Gasteiger partial charge in [0.2, 0.25) is 0 Å². The van der Waals surface area contributed by atoms with Gasteiger partial charge < -0.3 is 5.73 Å². The Morgan fingerprint density at radius 1 is 1.22 bits per heavy atom. The van der Waals surface area contributed by atoms with E-state index in [0.29, 0.717) is 11.6 Å². The van der Waals surface area contributed by atoms with E-state index in [9.17, 15) is 15.8 Å². The molecule has 0 saturated heterocycles. The highest BCUT2D eigenvalue weighted by Gasteiger charge is 2.54. The Balaban J connectivity index is 2.25. The van der Waals surface area contributed by atoms with Crippen molar-refractivity contribution in [3.8, 4) is 18.2 Å². The molecule has 0 fully saturated rings. The summed E-state index contributed by atoms with van der Waals surface area (Å²) >= 11 is 6.04. The van der Waals surface area contributed by atoms with Crippen molar-refractivity contribution in [1.82, 2.24) is 4.90 Å². The summed E-state index contributed by atoms with van der Waals surface area (Å²) in [6.45, 7) is 4.44. The van der Waals surface area contributed by atoms with E-state index in [-0.39, 0.29) is 17.2 Å². The molecule has 3 rings (SSSR count). The molecule has 0 unspecified atom stereocenters. The first-order chi connectivity index (χ1) is 13.0. The molecule has 0 spiro atoms. The molecule has 0 bridgehead atoms. The highest BCUT2D eigenvalue weighted by atomic mass is 35.5. The molecule has 1 heterocycles. The van der Waals surface area contributed by atoms with Gasteiger partial charge in [0.25, 0.3) is 0 Å². The van der Waals surface area contributed by atoms with Crippen LogP contribution in [0.1, 0.15) is 24.8 Å². The Kier molecular flexibility index (Phi) is 5.24. The SMILES string of the molecule is CCCN1CC=C2C(C#N)=C(N)C(C#N)(C#N)[C@@H](c3ccc(Cl)cc3)[C@@H]2C1. The zero-order valence-corrected chi connectivity index (χ0v) is 15.9. The number of rotatable bonds is 3. The minimum atomic E-state index is -1.59. The smallest absolute Gasteiger partial charge is 0.191 e. The van der Waals surface area contributed by atoms with Crippen molar-refractivity contribution in [3.05, 3.63) is 57.8 Å². The van der Waals surface area contributed by atoms with Gasteiger partial charge in [-0.05, 0) is 36.2 Å². The van der Waals surface area contributed by atoms with Gasteiger partial charge in [0.05, 0.1) is 23.4 Å². The molecule has 1 aromatic rings. The van der Waals surface area contributed by atoms with Crippen molar-refractivity contribution in [2.75, 3.05) is 19.6 Å². The summed E-state index contributed by atoms with van der Waals surface area (Å²) in [6.07, 6.45) is 3.03. The number of nitrogens with two attached hydrogens (primary N) is 1. The van der Waals surface area contributed by atoms with Crippen LogP contribution in [0.25, 0.3) is 0 Å². The molecule has 0 radical (unpaired) electrons. The Hall–Kier alpha value is -2.78. The number of fused-ring (bicyclic) bond motifs is 1. The number of nitrogens with zero attached hydrogens (tertiary/aromatic N) is 4. The van der Waals surface area contributed by atoms with Crippen LogP contribution < -0.4 is 5.73 Å². The van der Waals surface area contributed by atoms with Crippen molar-refractivity contribution in [3.63, 3.8) is 0 Å². The molecule has 1 aliphatic heterocycles. The lowest BCUT2D eigenvalue weighted by molar-refractivity contribution is 0.207. The molecule has 5 nitrogen and oxygen atoms in total. The van der Waals surface area contributed by atoms with Crippen LogP contribution in [0.5, 0.6) is 0 Å². The predicted octanol–water partition coefficient (Wildman–Crippen LogP) is 3.48. The Bertz CT molecular complexity index is 909. The lowest BCUT2D eigenvalue weighted by atomic mass is 9.58. The predicted molar refractivity (Wildman–Crippen MR) is 103 cm³/mol. The van der Waals surface area contributed by atoms with E-state index >= 15 is 0 Å². The summed E-state index contributed by atoms with van der Waals surface area (Å²) < 4.78 is 0. The molecule has 0 amide bonds. The minimum Gasteiger partial charge on any atom is -0.399 e. The average molecular weight is 378 g/mol. The number of halogens is 1. The second-order valence-electron chi connectivity index (χ2n) is 6.99. The van der Waals surface area contributed by atoms with E-state index in [2.05, 4.69) is 30.0 Å². The molecule has 1 aliphatic carbocycles. The third-order valence-electron chi connectivity index (χ3n) is 5.51. The van der Waals surface area contributed by atoms with E-state index in [1.165, 1.54) is 0 Å². The van der Waals surface area contributed by atoms with E-state index in [4.69, 9.17) is 17.3 Å². The molecule has 6 heteroatoms. The zero-order valence-electron chi connectivity index (χ0n) is 15.1. The average Bonchev–Trinajstić information content (AvgIpc) is 2.68. The normalized spacial score (nSPS) is 24.2. The second-order valence-corrected chi connectivity index (χ2v) is 7.42. The third kappa shape index (κ3) is 2.98. The summed E-state index contributed by atoms with van der Waals surface area (Å²) in [7, 11) is 0. The maximum atomic E-state index is 10.0. The number of hydrogen-bond donors (Lipinski definition) is 1. The standard InChI is InChI=1S/C21H20ClN5/c1-2-8-27-9-7-16-17(10-23)20(26)21(12-24,13-25)19(18(16)11-27)14-3-5-15(22)6-4-14/h3-7,18-19H,2,8-9,11,26H2,1H3/t18-,19+/m1/s1.